The summed E-state index contributed by atoms with van der Waals surface area (Å²) in [4.78, 5) is 37.3. The lowest BCUT2D eigenvalue weighted by atomic mass is 9.93. The van der Waals surface area contributed by atoms with Gasteiger partial charge in [0.25, 0.3) is 0 Å². The van der Waals surface area contributed by atoms with E-state index in [4.69, 9.17) is 0 Å². The van der Waals surface area contributed by atoms with Crippen LogP contribution in [0.4, 0.5) is 0 Å². The van der Waals surface area contributed by atoms with Gasteiger partial charge in [0.1, 0.15) is 0 Å². The number of benzene rings is 1. The maximum atomic E-state index is 12.2. The van der Waals surface area contributed by atoms with Crippen molar-refractivity contribution in [1.82, 2.24) is 15.5 Å². The normalized spacial score (nSPS) is 18.7. The van der Waals surface area contributed by atoms with Crippen molar-refractivity contribution >= 4 is 23.8 Å². The summed E-state index contributed by atoms with van der Waals surface area (Å²) in [7, 11) is 0. The Labute approximate surface area is 140 Å². The molecule has 1 aliphatic carbocycles. The Bertz CT molecular complexity index is 695. The Morgan fingerprint density at radius 3 is 2.62 bits per heavy atom. The van der Waals surface area contributed by atoms with Gasteiger partial charge in [-0.15, -0.1) is 0 Å². The van der Waals surface area contributed by atoms with Crippen molar-refractivity contribution in [2.45, 2.75) is 38.3 Å². The molecule has 0 aromatic heterocycles. The molecule has 24 heavy (non-hydrogen) atoms. The number of nitrogens with zero attached hydrogens (tertiary/aromatic N) is 1. The Balaban J connectivity index is 1.64. The average molecular weight is 327 g/mol. The lowest BCUT2D eigenvalue weighted by molar-refractivity contribution is -0.131. The van der Waals surface area contributed by atoms with Crippen LogP contribution in [-0.2, 0) is 14.4 Å². The van der Waals surface area contributed by atoms with Crippen LogP contribution < -0.4 is 10.6 Å². The maximum Gasteiger partial charge on any atom is 0.239 e. The Morgan fingerprint density at radius 2 is 1.92 bits per heavy atom. The van der Waals surface area contributed by atoms with Crippen LogP contribution in [0.2, 0.25) is 0 Å². The van der Waals surface area contributed by atoms with Crippen LogP contribution in [-0.4, -0.2) is 35.2 Å². The molecule has 126 valence electrons. The van der Waals surface area contributed by atoms with E-state index >= 15 is 0 Å². The van der Waals surface area contributed by atoms with Gasteiger partial charge in [-0.25, -0.2) is 0 Å². The second-order valence-electron chi connectivity index (χ2n) is 6.21. The summed E-state index contributed by atoms with van der Waals surface area (Å²) in [6, 6.07) is 7.62. The quantitative estimate of drug-likeness (QED) is 0.857. The van der Waals surface area contributed by atoms with Gasteiger partial charge >= 0.3 is 0 Å². The van der Waals surface area contributed by atoms with Crippen molar-refractivity contribution in [3.63, 3.8) is 0 Å². The number of rotatable bonds is 5. The van der Waals surface area contributed by atoms with E-state index in [0.29, 0.717) is 0 Å². The minimum absolute atomic E-state index is 0.0282. The molecule has 0 radical (unpaired) electrons. The van der Waals surface area contributed by atoms with E-state index in [1.54, 1.807) is 11.1 Å². The highest BCUT2D eigenvalue weighted by Gasteiger charge is 2.28. The number of hydrogen-bond donors (Lipinski definition) is 2. The molecule has 2 N–H and O–H groups in total. The molecule has 3 amide bonds. The maximum absolute atomic E-state index is 12.2. The Hall–Kier alpha value is -2.63. The lowest BCUT2D eigenvalue weighted by Crippen LogP contribution is -2.40. The summed E-state index contributed by atoms with van der Waals surface area (Å²) in [5.74, 6) is -0.537. The fourth-order valence-electron chi connectivity index (χ4n) is 2.85. The van der Waals surface area contributed by atoms with Crippen molar-refractivity contribution in [1.29, 1.82) is 0 Å². The van der Waals surface area contributed by atoms with Crippen molar-refractivity contribution in [2.75, 3.05) is 6.54 Å². The number of hydrogen-bond acceptors (Lipinski definition) is 3. The minimum Gasteiger partial charge on any atom is -0.352 e. The molecule has 6 heteroatoms. The van der Waals surface area contributed by atoms with E-state index in [-0.39, 0.29) is 42.8 Å². The number of amides is 3. The summed E-state index contributed by atoms with van der Waals surface area (Å²) in [5.41, 5.74) is 1.94. The number of fused-ring (bicyclic) bond motifs is 1. The molecule has 1 aromatic carbocycles. The van der Waals surface area contributed by atoms with Crippen molar-refractivity contribution in [3.05, 3.63) is 41.6 Å². The third-order valence-corrected chi connectivity index (χ3v) is 4.24. The van der Waals surface area contributed by atoms with Gasteiger partial charge in [0, 0.05) is 19.2 Å². The SMILES string of the molecule is CC(=O)N1C=Cc2ccccc2C1CC(=O)NCC(=O)NC1CC1. The first kappa shape index (κ1) is 16.2. The predicted molar refractivity (Wildman–Crippen MR) is 89.5 cm³/mol. The highest BCUT2D eigenvalue weighted by molar-refractivity contribution is 5.86. The van der Waals surface area contributed by atoms with Crippen LogP contribution in [0.25, 0.3) is 6.08 Å². The zero-order valence-electron chi connectivity index (χ0n) is 13.6. The van der Waals surface area contributed by atoms with Crippen molar-refractivity contribution in [3.8, 4) is 0 Å². The van der Waals surface area contributed by atoms with Gasteiger partial charge in [-0.2, -0.15) is 0 Å². The summed E-state index contributed by atoms with van der Waals surface area (Å²) in [6.07, 6.45) is 5.73. The van der Waals surface area contributed by atoms with Crippen LogP contribution in [0.3, 0.4) is 0 Å². The van der Waals surface area contributed by atoms with Crippen molar-refractivity contribution in [2.24, 2.45) is 0 Å². The fraction of sp³-hybridized carbons (Fsp3) is 0.389. The Morgan fingerprint density at radius 1 is 1.17 bits per heavy atom. The fourth-order valence-corrected chi connectivity index (χ4v) is 2.85. The zero-order chi connectivity index (χ0) is 17.1. The van der Waals surface area contributed by atoms with Crippen LogP contribution in [0, 0.1) is 0 Å². The smallest absolute Gasteiger partial charge is 0.239 e. The second kappa shape index (κ2) is 6.86. The summed E-state index contributed by atoms with van der Waals surface area (Å²) in [6.45, 7) is 1.45. The van der Waals surface area contributed by atoms with E-state index < -0.39 is 0 Å². The molecule has 1 fully saturated rings. The topological polar surface area (TPSA) is 78.5 Å². The molecule has 6 nitrogen and oxygen atoms in total. The van der Waals surface area contributed by atoms with Gasteiger partial charge in [0.15, 0.2) is 0 Å². The highest BCUT2D eigenvalue weighted by atomic mass is 16.2. The summed E-state index contributed by atoms with van der Waals surface area (Å²) in [5, 5.41) is 5.47. The van der Waals surface area contributed by atoms with E-state index in [1.165, 1.54) is 6.92 Å². The first-order chi connectivity index (χ1) is 11.5. The molecule has 1 aromatic rings. The van der Waals surface area contributed by atoms with E-state index in [2.05, 4.69) is 10.6 Å². The lowest BCUT2D eigenvalue weighted by Gasteiger charge is -2.32. The molecule has 1 aliphatic heterocycles. The highest BCUT2D eigenvalue weighted by Crippen LogP contribution is 2.32. The van der Waals surface area contributed by atoms with Gasteiger partial charge in [-0.3, -0.25) is 14.4 Å². The number of carbonyl (C=O) groups is 3. The second-order valence-corrected chi connectivity index (χ2v) is 6.21. The van der Waals surface area contributed by atoms with Gasteiger partial charge in [-0.1, -0.05) is 24.3 Å². The van der Waals surface area contributed by atoms with E-state index in [0.717, 1.165) is 24.0 Å². The Kier molecular flexibility index (Phi) is 4.64. The van der Waals surface area contributed by atoms with Crippen LogP contribution in [0.1, 0.15) is 43.4 Å². The zero-order valence-corrected chi connectivity index (χ0v) is 13.6. The number of carbonyl (C=O) groups excluding carboxylic acids is 3. The first-order valence-electron chi connectivity index (χ1n) is 8.16. The molecule has 1 saturated carbocycles. The first-order valence-corrected chi connectivity index (χ1v) is 8.16. The summed E-state index contributed by atoms with van der Waals surface area (Å²) >= 11 is 0. The molecular formula is C18H21N3O3. The van der Waals surface area contributed by atoms with Gasteiger partial charge < -0.3 is 15.5 Å². The average Bonchev–Trinajstić information content (AvgIpc) is 3.37. The van der Waals surface area contributed by atoms with Gasteiger partial charge in [-0.05, 0) is 30.0 Å². The molecule has 1 unspecified atom stereocenters. The van der Waals surface area contributed by atoms with Gasteiger partial charge in [0.2, 0.25) is 17.7 Å². The molecule has 3 rings (SSSR count). The minimum atomic E-state index is -0.352. The van der Waals surface area contributed by atoms with Crippen LogP contribution >= 0.6 is 0 Å². The van der Waals surface area contributed by atoms with E-state index in [9.17, 15) is 14.4 Å². The molecule has 0 bridgehead atoms. The molecular weight excluding hydrogens is 306 g/mol. The number of nitrogens with one attached hydrogen (secondary N) is 2. The predicted octanol–water partition coefficient (Wildman–Crippen LogP) is 1.35. The molecule has 1 atom stereocenters. The van der Waals surface area contributed by atoms with Gasteiger partial charge in [0.05, 0.1) is 19.0 Å². The third kappa shape index (κ3) is 3.82. The van der Waals surface area contributed by atoms with Crippen LogP contribution in [0.15, 0.2) is 30.5 Å². The van der Waals surface area contributed by atoms with Crippen LogP contribution in [0.5, 0.6) is 0 Å². The van der Waals surface area contributed by atoms with Crippen molar-refractivity contribution < 1.29 is 14.4 Å². The van der Waals surface area contributed by atoms with E-state index in [1.807, 2.05) is 30.3 Å². The molecule has 1 heterocycles. The molecule has 0 saturated heterocycles. The largest absolute Gasteiger partial charge is 0.352 e. The third-order valence-electron chi connectivity index (χ3n) is 4.24. The monoisotopic (exact) mass is 327 g/mol. The standard InChI is InChI=1S/C18H21N3O3/c1-12(22)21-9-8-13-4-2-3-5-15(13)16(21)10-17(23)19-11-18(24)20-14-6-7-14/h2-5,8-9,14,16H,6-7,10-11H2,1H3,(H,19,23)(H,20,24). The summed E-state index contributed by atoms with van der Waals surface area (Å²) < 4.78 is 0. The molecule has 0 spiro atoms. The molecule has 2 aliphatic rings.